The summed E-state index contributed by atoms with van der Waals surface area (Å²) in [7, 11) is 2.04. The minimum absolute atomic E-state index is 0.0418. The van der Waals surface area contributed by atoms with Crippen LogP contribution in [-0.4, -0.2) is 147 Å². The monoisotopic (exact) mass is 1020 g/mol. The molecule has 2 heterocycles. The Bertz CT molecular complexity index is 2100. The number of rotatable bonds is 17. The number of nitrogens with zero attached hydrogens (tertiary/aromatic N) is 1. The third-order valence-electron chi connectivity index (χ3n) is 11.6. The van der Waals surface area contributed by atoms with Crippen LogP contribution in [-0.2, 0) is 59.2 Å². The number of hydrogen-bond donors (Lipinski definition) is 12. The first-order valence-electron chi connectivity index (χ1n) is 22.9. The van der Waals surface area contributed by atoms with Crippen molar-refractivity contribution in [2.24, 2.45) is 34.8 Å². The van der Waals surface area contributed by atoms with Gasteiger partial charge in [-0.3, -0.25) is 52.7 Å². The minimum Gasteiger partial charge on any atom is -0.508 e. The van der Waals surface area contributed by atoms with Crippen LogP contribution in [0.15, 0.2) is 24.3 Å². The molecule has 1 aromatic carbocycles. The average Bonchev–Trinajstić information content (AvgIpc) is 3.79. The van der Waals surface area contributed by atoms with E-state index in [0.29, 0.717) is 18.4 Å². The van der Waals surface area contributed by atoms with Crippen molar-refractivity contribution < 1.29 is 57.8 Å². The number of primary amides is 3. The summed E-state index contributed by atoms with van der Waals surface area (Å²) in [5.74, 6) is -10.5. The number of phenolic OH excluding ortho intramolecular Hbond substituents is 1. The van der Waals surface area contributed by atoms with Crippen molar-refractivity contribution >= 4 is 86.6 Å². The lowest BCUT2D eigenvalue weighted by Crippen LogP contribution is -2.63. The van der Waals surface area contributed by atoms with Crippen LogP contribution in [0.2, 0.25) is 0 Å². The summed E-state index contributed by atoms with van der Waals surface area (Å²) in [5.41, 5.74) is 21.5. The summed E-state index contributed by atoms with van der Waals surface area (Å²) in [6.07, 6.45) is -0.755. The van der Waals surface area contributed by atoms with Crippen LogP contribution in [0.25, 0.3) is 0 Å². The molecule has 11 amide bonds. The summed E-state index contributed by atoms with van der Waals surface area (Å²) < 4.78 is 0. The fourth-order valence-corrected chi connectivity index (χ4v) is 10.1. The van der Waals surface area contributed by atoms with Gasteiger partial charge in [-0.1, -0.05) is 67.8 Å². The van der Waals surface area contributed by atoms with E-state index in [4.69, 9.17) is 22.9 Å². The summed E-state index contributed by atoms with van der Waals surface area (Å²) in [6, 6.07) is -4.00. The highest BCUT2D eigenvalue weighted by Crippen LogP contribution is 2.27. The SMILES string of the molecule is CC[C@H](C)[C@@H]1NC(=O)[C@H](Cc2ccc(O)cc2)NC(=O)[C@@H](N)CSSC[C@@H](C(=O)N2CCC[C@H]2C(=O)N[C@@](C)(CC(C)C)C(=O)NCC(N)=O)NC(=O)[C@H](CC(N)=O)NC(=O)[C@H](CCC(N)=O)NC1=O. The Morgan fingerprint density at radius 2 is 1.40 bits per heavy atom. The molecule has 0 aromatic heterocycles. The third kappa shape index (κ3) is 18.0. The van der Waals surface area contributed by atoms with Crippen LogP contribution in [0.5, 0.6) is 5.75 Å². The number of hydrogen-bond acceptors (Lipinski definition) is 15. The lowest BCUT2D eigenvalue weighted by molar-refractivity contribution is -0.143. The number of nitrogens with two attached hydrogens (primary N) is 4. The van der Waals surface area contributed by atoms with Gasteiger partial charge in [-0.15, -0.1) is 0 Å². The quantitative estimate of drug-likeness (QED) is 0.0684. The molecule has 388 valence electrons. The van der Waals surface area contributed by atoms with Gasteiger partial charge in [-0.25, -0.2) is 0 Å². The number of nitrogens with one attached hydrogen (secondary N) is 7. The first-order chi connectivity index (χ1) is 32.8. The van der Waals surface area contributed by atoms with Crippen LogP contribution in [0.1, 0.15) is 85.1 Å². The summed E-state index contributed by atoms with van der Waals surface area (Å²) in [4.78, 5) is 149. The molecule has 2 fully saturated rings. The summed E-state index contributed by atoms with van der Waals surface area (Å²) in [6.45, 7) is 8.06. The predicted molar refractivity (Wildman–Crippen MR) is 259 cm³/mol. The molecule has 16 N–H and O–H groups in total. The molecule has 9 atom stereocenters. The van der Waals surface area contributed by atoms with Gasteiger partial charge in [0.05, 0.1) is 19.0 Å². The lowest BCUT2D eigenvalue weighted by Gasteiger charge is -2.34. The molecule has 0 spiro atoms. The highest BCUT2D eigenvalue weighted by molar-refractivity contribution is 8.76. The van der Waals surface area contributed by atoms with E-state index in [9.17, 15) is 57.8 Å². The molecule has 2 aliphatic heterocycles. The van der Waals surface area contributed by atoms with Gasteiger partial charge in [-0.2, -0.15) is 0 Å². The Kier molecular flexibility index (Phi) is 22.7. The van der Waals surface area contributed by atoms with Gasteiger partial charge in [0.2, 0.25) is 65.0 Å². The molecule has 70 heavy (non-hydrogen) atoms. The van der Waals surface area contributed by atoms with Crippen LogP contribution in [0.4, 0.5) is 0 Å². The topological polar surface area (TPSA) is 400 Å². The number of carbonyl (C=O) groups excluding carboxylic acids is 11. The third-order valence-corrected chi connectivity index (χ3v) is 14.1. The van der Waals surface area contributed by atoms with E-state index in [2.05, 4.69) is 37.2 Å². The number of amides is 11. The maximum atomic E-state index is 14.6. The van der Waals surface area contributed by atoms with Crippen LogP contribution in [0, 0.1) is 11.8 Å². The van der Waals surface area contributed by atoms with E-state index in [1.807, 2.05) is 13.8 Å². The maximum absolute atomic E-state index is 14.6. The number of carbonyl (C=O) groups is 11. The zero-order valence-electron chi connectivity index (χ0n) is 40.0. The Morgan fingerprint density at radius 1 is 0.800 bits per heavy atom. The first kappa shape index (κ1) is 58.2. The zero-order chi connectivity index (χ0) is 52.5. The van der Waals surface area contributed by atoms with Crippen LogP contribution >= 0.6 is 21.6 Å². The van der Waals surface area contributed by atoms with E-state index in [0.717, 1.165) is 21.6 Å². The van der Waals surface area contributed by atoms with Gasteiger partial charge in [0.1, 0.15) is 47.5 Å². The first-order valence-corrected chi connectivity index (χ1v) is 25.4. The molecule has 0 unspecified atom stereocenters. The van der Waals surface area contributed by atoms with Crippen molar-refractivity contribution in [1.29, 1.82) is 0 Å². The van der Waals surface area contributed by atoms with Crippen molar-refractivity contribution in [3.63, 3.8) is 0 Å². The van der Waals surface area contributed by atoms with E-state index in [1.54, 1.807) is 13.8 Å². The molecule has 0 saturated carbocycles. The average molecular weight is 1020 g/mol. The molecule has 2 aliphatic rings. The highest BCUT2D eigenvalue weighted by Gasteiger charge is 2.43. The van der Waals surface area contributed by atoms with E-state index in [-0.39, 0.29) is 49.0 Å². The Hall–Kier alpha value is -6.15. The number of benzene rings is 1. The number of phenols is 1. The molecule has 26 heteroatoms. The van der Waals surface area contributed by atoms with Crippen molar-refractivity contribution in [1.82, 2.24) is 42.1 Å². The molecular formula is C44H68N12O12S2. The van der Waals surface area contributed by atoms with Gasteiger partial charge < -0.3 is 70.2 Å². The van der Waals surface area contributed by atoms with Crippen molar-refractivity contribution in [2.45, 2.75) is 134 Å². The van der Waals surface area contributed by atoms with E-state index < -0.39 is 145 Å². The fourth-order valence-electron chi connectivity index (χ4n) is 7.81. The molecule has 3 rings (SSSR count). The normalized spacial score (nSPS) is 24.6. The fraction of sp³-hybridized carbons (Fsp3) is 0.614. The molecule has 24 nitrogen and oxygen atoms in total. The molecule has 2 saturated heterocycles. The van der Waals surface area contributed by atoms with Gasteiger partial charge in [0, 0.05) is 30.9 Å². The molecular weight excluding hydrogens is 953 g/mol. The van der Waals surface area contributed by atoms with Gasteiger partial charge >= 0.3 is 0 Å². The van der Waals surface area contributed by atoms with Crippen molar-refractivity contribution in [3.05, 3.63) is 29.8 Å². The van der Waals surface area contributed by atoms with E-state index in [1.165, 1.54) is 36.1 Å². The van der Waals surface area contributed by atoms with E-state index >= 15 is 0 Å². The second kappa shape index (κ2) is 27.3. The Morgan fingerprint density at radius 3 is 2.00 bits per heavy atom. The second-order valence-electron chi connectivity index (χ2n) is 18.1. The molecule has 0 radical (unpaired) electrons. The maximum Gasteiger partial charge on any atom is 0.246 e. The Labute approximate surface area is 413 Å². The predicted octanol–water partition coefficient (Wildman–Crippen LogP) is -3.22. The van der Waals surface area contributed by atoms with Gasteiger partial charge in [-0.05, 0) is 62.1 Å². The van der Waals surface area contributed by atoms with Gasteiger partial charge in [0.15, 0.2) is 0 Å². The number of likely N-dealkylation sites (tertiary alicyclic amines) is 1. The Balaban J connectivity index is 2.07. The van der Waals surface area contributed by atoms with Gasteiger partial charge in [0.25, 0.3) is 0 Å². The lowest BCUT2D eigenvalue weighted by atomic mass is 9.89. The summed E-state index contributed by atoms with van der Waals surface area (Å²) >= 11 is 0. The zero-order valence-corrected chi connectivity index (χ0v) is 41.6. The van der Waals surface area contributed by atoms with Crippen molar-refractivity contribution in [3.8, 4) is 5.75 Å². The highest BCUT2D eigenvalue weighted by atomic mass is 33.1. The van der Waals surface area contributed by atoms with Crippen LogP contribution < -0.4 is 60.2 Å². The van der Waals surface area contributed by atoms with Crippen LogP contribution in [0.3, 0.4) is 0 Å². The molecule has 0 aliphatic carbocycles. The summed E-state index contributed by atoms with van der Waals surface area (Å²) in [5, 5.41) is 27.8. The molecule has 0 bridgehead atoms. The largest absolute Gasteiger partial charge is 0.508 e. The standard InChI is InChI=1S/C44H68N12O12S2/c1-6-23(4)35-41(66)50-27(13-14-32(46)58)37(62)52-29(17-33(47)59)38(63)53-30(21-70-69-20-26(45)36(61)51-28(39(64)54-35)16-24-9-11-25(57)12-10-24)42(67)56-15-7-8-31(56)40(65)55-44(5,18-22(2)3)43(68)49-19-34(48)60/h9-12,22-23,26-31,35,57H,6-8,13-21,45H2,1-5H3,(H2,46,58)(H2,47,59)(H2,48,60)(H,49,68)(H,50,66)(H,51,61)(H,52,62)(H,53,63)(H,54,64)(H,55,65)/t23-,26-,27-,28-,29-,30-,31-,35-,44-/m0/s1. The number of aromatic hydroxyl groups is 1. The smallest absolute Gasteiger partial charge is 0.246 e. The second-order valence-corrected chi connectivity index (χ2v) is 20.6. The van der Waals surface area contributed by atoms with Crippen molar-refractivity contribution in [2.75, 3.05) is 24.6 Å². The molecule has 1 aromatic rings. The minimum atomic E-state index is -1.76.